The lowest BCUT2D eigenvalue weighted by atomic mass is 10.0. The fourth-order valence-corrected chi connectivity index (χ4v) is 2.29. The lowest BCUT2D eigenvalue weighted by Crippen LogP contribution is -2.35. The minimum Gasteiger partial charge on any atom is -0.368 e. The lowest BCUT2D eigenvalue weighted by molar-refractivity contribution is -0.123. The van der Waals surface area contributed by atoms with Gasteiger partial charge in [-0.3, -0.25) is 9.69 Å². The number of nitrogens with zero attached hydrogens (tertiary/aromatic N) is 1. The number of nitrogens with two attached hydrogens (primary N) is 1. The first-order valence-corrected chi connectivity index (χ1v) is 6.47. The largest absolute Gasteiger partial charge is 0.368 e. The van der Waals surface area contributed by atoms with E-state index < -0.39 is 23.6 Å². The van der Waals surface area contributed by atoms with Crippen LogP contribution in [0.3, 0.4) is 0 Å². The average molecular weight is 290 g/mol. The van der Waals surface area contributed by atoms with Crippen molar-refractivity contribution in [1.82, 2.24) is 4.90 Å². The van der Waals surface area contributed by atoms with Gasteiger partial charge in [0.05, 0.1) is 0 Å². The van der Waals surface area contributed by atoms with E-state index in [0.29, 0.717) is 5.56 Å². The van der Waals surface area contributed by atoms with Gasteiger partial charge < -0.3 is 5.73 Å². The summed E-state index contributed by atoms with van der Waals surface area (Å²) >= 11 is 0. The molecule has 0 aliphatic rings. The van der Waals surface area contributed by atoms with Crippen LogP contribution in [-0.2, 0) is 11.3 Å². The molecule has 0 aliphatic heterocycles. The molecule has 2 aromatic carbocycles. The molecule has 1 atom stereocenters. The van der Waals surface area contributed by atoms with Crippen LogP contribution in [0, 0.1) is 11.6 Å². The molecule has 0 fully saturated rings. The summed E-state index contributed by atoms with van der Waals surface area (Å²) in [5, 5.41) is 0. The Kier molecular flexibility index (Phi) is 4.65. The molecule has 0 bridgehead atoms. The molecular formula is C16H16F2N2O. The molecule has 0 saturated carbocycles. The Hall–Kier alpha value is -2.27. The van der Waals surface area contributed by atoms with Crippen molar-refractivity contribution in [3.05, 3.63) is 71.3 Å². The van der Waals surface area contributed by atoms with Gasteiger partial charge in [0.2, 0.25) is 5.91 Å². The van der Waals surface area contributed by atoms with Crippen molar-refractivity contribution >= 4 is 5.91 Å². The summed E-state index contributed by atoms with van der Waals surface area (Å²) in [5.41, 5.74) is 6.79. The quantitative estimate of drug-likeness (QED) is 0.920. The third-order valence-corrected chi connectivity index (χ3v) is 3.24. The summed E-state index contributed by atoms with van der Waals surface area (Å²) in [4.78, 5) is 13.4. The van der Waals surface area contributed by atoms with Crippen LogP contribution < -0.4 is 5.73 Å². The summed E-state index contributed by atoms with van der Waals surface area (Å²) < 4.78 is 26.2. The Morgan fingerprint density at radius 2 is 1.81 bits per heavy atom. The normalized spacial score (nSPS) is 12.4. The smallest absolute Gasteiger partial charge is 0.239 e. The molecule has 3 nitrogen and oxygen atoms in total. The number of rotatable bonds is 5. The van der Waals surface area contributed by atoms with Gasteiger partial charge in [-0.15, -0.1) is 0 Å². The first-order valence-electron chi connectivity index (χ1n) is 6.47. The number of likely N-dealkylation sites (N-methyl/N-ethyl adjacent to an activating group) is 1. The van der Waals surface area contributed by atoms with Crippen molar-refractivity contribution in [3.63, 3.8) is 0 Å². The number of benzene rings is 2. The molecule has 5 heteroatoms. The molecule has 0 aromatic heterocycles. The van der Waals surface area contributed by atoms with E-state index in [1.54, 1.807) is 24.1 Å². The van der Waals surface area contributed by atoms with Gasteiger partial charge in [0.25, 0.3) is 0 Å². The highest BCUT2D eigenvalue weighted by Gasteiger charge is 2.22. The van der Waals surface area contributed by atoms with Gasteiger partial charge in [0.1, 0.15) is 6.04 Å². The van der Waals surface area contributed by atoms with Crippen molar-refractivity contribution in [1.29, 1.82) is 0 Å². The molecule has 0 heterocycles. The third-order valence-electron chi connectivity index (χ3n) is 3.24. The minimum atomic E-state index is -0.906. The second-order valence-electron chi connectivity index (χ2n) is 4.88. The SMILES string of the molecule is CN(Cc1ccc(F)c(F)c1)[C@H](C(N)=O)c1ccccc1. The number of carbonyl (C=O) groups excluding carboxylic acids is 1. The molecule has 110 valence electrons. The van der Waals surface area contributed by atoms with E-state index in [2.05, 4.69) is 0 Å². The first-order chi connectivity index (χ1) is 9.99. The molecule has 1 amide bonds. The fraction of sp³-hybridized carbons (Fsp3) is 0.188. The van der Waals surface area contributed by atoms with Crippen LogP contribution in [0.5, 0.6) is 0 Å². The zero-order valence-corrected chi connectivity index (χ0v) is 11.6. The Labute approximate surface area is 122 Å². The number of carbonyl (C=O) groups is 1. The lowest BCUT2D eigenvalue weighted by Gasteiger charge is -2.26. The van der Waals surface area contributed by atoms with Crippen LogP contribution in [-0.4, -0.2) is 17.9 Å². The molecule has 21 heavy (non-hydrogen) atoms. The topological polar surface area (TPSA) is 46.3 Å². The van der Waals surface area contributed by atoms with Gasteiger partial charge in [0, 0.05) is 6.54 Å². The number of hydrogen-bond acceptors (Lipinski definition) is 2. The Morgan fingerprint density at radius 3 is 2.38 bits per heavy atom. The van der Waals surface area contributed by atoms with Crippen molar-refractivity contribution in [3.8, 4) is 0 Å². The molecule has 0 radical (unpaired) electrons. The zero-order valence-electron chi connectivity index (χ0n) is 11.6. The molecule has 0 aliphatic carbocycles. The van der Waals surface area contributed by atoms with Crippen LogP contribution in [0.25, 0.3) is 0 Å². The summed E-state index contributed by atoms with van der Waals surface area (Å²) in [6.07, 6.45) is 0. The maximum absolute atomic E-state index is 13.2. The summed E-state index contributed by atoms with van der Waals surface area (Å²) in [6, 6.07) is 12.1. The summed E-state index contributed by atoms with van der Waals surface area (Å²) in [7, 11) is 1.71. The molecule has 0 spiro atoms. The monoisotopic (exact) mass is 290 g/mol. The van der Waals surface area contributed by atoms with Crippen molar-refractivity contribution in [2.45, 2.75) is 12.6 Å². The Bertz CT molecular complexity index is 631. The highest BCUT2D eigenvalue weighted by molar-refractivity contribution is 5.81. The van der Waals surface area contributed by atoms with E-state index in [0.717, 1.165) is 17.7 Å². The number of hydrogen-bond donors (Lipinski definition) is 1. The molecular weight excluding hydrogens is 274 g/mol. The second-order valence-corrected chi connectivity index (χ2v) is 4.88. The van der Waals surface area contributed by atoms with E-state index in [1.807, 2.05) is 18.2 Å². The average Bonchev–Trinajstić information content (AvgIpc) is 2.44. The Morgan fingerprint density at radius 1 is 1.14 bits per heavy atom. The second kappa shape index (κ2) is 6.45. The van der Waals surface area contributed by atoms with Gasteiger partial charge in [-0.05, 0) is 30.3 Å². The van der Waals surface area contributed by atoms with Gasteiger partial charge in [-0.2, -0.15) is 0 Å². The maximum atomic E-state index is 13.2. The third kappa shape index (κ3) is 3.64. The van der Waals surface area contributed by atoms with E-state index in [9.17, 15) is 13.6 Å². The van der Waals surface area contributed by atoms with Gasteiger partial charge >= 0.3 is 0 Å². The van der Waals surface area contributed by atoms with Crippen LogP contribution in [0.1, 0.15) is 17.2 Å². The molecule has 2 N–H and O–H groups in total. The Balaban J connectivity index is 2.21. The van der Waals surface area contributed by atoms with Gasteiger partial charge in [0.15, 0.2) is 11.6 Å². The van der Waals surface area contributed by atoms with Crippen molar-refractivity contribution < 1.29 is 13.6 Å². The summed E-state index contributed by atoms with van der Waals surface area (Å²) in [5.74, 6) is -2.29. The standard InChI is InChI=1S/C16H16F2N2O/c1-20(10-11-7-8-13(17)14(18)9-11)15(16(19)21)12-5-3-2-4-6-12/h2-9,15H,10H2,1H3,(H2,19,21)/t15-/m0/s1. The van der Waals surface area contributed by atoms with Crippen LogP contribution in [0.2, 0.25) is 0 Å². The number of amides is 1. The highest BCUT2D eigenvalue weighted by Crippen LogP contribution is 2.21. The predicted molar refractivity (Wildman–Crippen MR) is 76.2 cm³/mol. The first kappa shape index (κ1) is 15.1. The number of halogens is 2. The van der Waals surface area contributed by atoms with Gasteiger partial charge in [-0.25, -0.2) is 8.78 Å². The molecule has 0 saturated heterocycles. The summed E-state index contributed by atoms with van der Waals surface area (Å²) in [6.45, 7) is 0.277. The molecule has 2 rings (SSSR count). The fourth-order valence-electron chi connectivity index (χ4n) is 2.29. The maximum Gasteiger partial charge on any atom is 0.239 e. The van der Waals surface area contributed by atoms with Crippen LogP contribution in [0.15, 0.2) is 48.5 Å². The van der Waals surface area contributed by atoms with E-state index >= 15 is 0 Å². The highest BCUT2D eigenvalue weighted by atomic mass is 19.2. The minimum absolute atomic E-state index is 0.277. The van der Waals surface area contributed by atoms with Crippen molar-refractivity contribution in [2.75, 3.05) is 7.05 Å². The number of primary amides is 1. The van der Waals surface area contributed by atoms with Crippen LogP contribution >= 0.6 is 0 Å². The van der Waals surface area contributed by atoms with Crippen molar-refractivity contribution in [2.24, 2.45) is 5.73 Å². The zero-order chi connectivity index (χ0) is 15.4. The van der Waals surface area contributed by atoms with Gasteiger partial charge in [-0.1, -0.05) is 36.4 Å². The molecule has 0 unspecified atom stereocenters. The predicted octanol–water partition coefficient (Wildman–Crippen LogP) is 2.62. The van der Waals surface area contributed by atoms with E-state index in [-0.39, 0.29) is 6.54 Å². The van der Waals surface area contributed by atoms with Crippen LogP contribution in [0.4, 0.5) is 8.78 Å². The van der Waals surface area contributed by atoms with E-state index in [4.69, 9.17) is 5.73 Å². The van der Waals surface area contributed by atoms with E-state index in [1.165, 1.54) is 6.07 Å². The molecule has 2 aromatic rings.